The molecule has 0 spiro atoms. The normalized spacial score (nSPS) is 14.0. The summed E-state index contributed by atoms with van der Waals surface area (Å²) in [6.07, 6.45) is 1.66. The van der Waals surface area contributed by atoms with Crippen molar-refractivity contribution < 1.29 is 22.4 Å². The largest absolute Gasteiger partial charge is 0.496 e. The van der Waals surface area contributed by atoms with Gasteiger partial charge in [0.1, 0.15) is 21.8 Å². The molecule has 0 fully saturated rings. The second kappa shape index (κ2) is 5.96. The molecule has 4 rings (SSSR count). The van der Waals surface area contributed by atoms with Crippen LogP contribution in [0.2, 0.25) is 0 Å². The van der Waals surface area contributed by atoms with Crippen LogP contribution in [0.1, 0.15) is 12.0 Å². The van der Waals surface area contributed by atoms with Crippen LogP contribution in [-0.4, -0.2) is 27.3 Å². The van der Waals surface area contributed by atoms with E-state index in [2.05, 4.69) is 9.88 Å². The van der Waals surface area contributed by atoms with Gasteiger partial charge in [0, 0.05) is 0 Å². The molecule has 2 heterocycles. The Balaban J connectivity index is 1.79. The molecule has 1 aliphatic heterocycles. The van der Waals surface area contributed by atoms with Crippen molar-refractivity contribution in [2.45, 2.75) is 17.7 Å². The van der Waals surface area contributed by atoms with E-state index in [0.717, 1.165) is 18.4 Å². The van der Waals surface area contributed by atoms with Crippen LogP contribution in [0.15, 0.2) is 45.8 Å². The van der Waals surface area contributed by atoms with E-state index in [-0.39, 0.29) is 10.7 Å². The summed E-state index contributed by atoms with van der Waals surface area (Å²) >= 11 is 0. The molecular weight excluding hydrogens is 344 g/mol. The van der Waals surface area contributed by atoms with Gasteiger partial charge in [-0.3, -0.25) is 4.72 Å². The molecule has 2 aromatic carbocycles. The Morgan fingerprint density at radius 3 is 2.88 bits per heavy atom. The maximum Gasteiger partial charge on any atom is 0.266 e. The number of ether oxygens (including phenoxy) is 2. The van der Waals surface area contributed by atoms with Gasteiger partial charge in [0.25, 0.3) is 10.0 Å². The van der Waals surface area contributed by atoms with Crippen molar-refractivity contribution in [3.05, 3.63) is 42.0 Å². The summed E-state index contributed by atoms with van der Waals surface area (Å²) in [5.74, 6) is 0.963. The fraction of sp³-hybridized carbons (Fsp3) is 0.235. The number of sulfonamides is 1. The number of aromatic nitrogens is 1. The molecular formula is C17H16N2O5S. The molecule has 8 heteroatoms. The molecule has 3 aromatic rings. The highest BCUT2D eigenvalue weighted by Crippen LogP contribution is 2.36. The quantitative estimate of drug-likeness (QED) is 0.769. The minimum atomic E-state index is -3.89. The number of rotatable bonds is 4. The summed E-state index contributed by atoms with van der Waals surface area (Å²) in [6.45, 7) is 0.500. The maximum atomic E-state index is 12.9. The molecule has 7 nitrogen and oxygen atoms in total. The van der Waals surface area contributed by atoms with Gasteiger partial charge in [0.05, 0.1) is 13.7 Å². The third-order valence-electron chi connectivity index (χ3n) is 4.10. The number of nitrogens with zero attached hydrogens (tertiary/aromatic N) is 1. The number of benzene rings is 2. The zero-order chi connectivity index (χ0) is 17.4. The summed E-state index contributed by atoms with van der Waals surface area (Å²) in [4.78, 5) is 0.0933. The second-order valence-corrected chi connectivity index (χ2v) is 7.32. The summed E-state index contributed by atoms with van der Waals surface area (Å²) in [6, 6.07) is 10.3. The van der Waals surface area contributed by atoms with Crippen LogP contribution in [0.3, 0.4) is 0 Å². The molecule has 1 aromatic heterocycles. The number of anilines is 1. The van der Waals surface area contributed by atoms with Crippen LogP contribution in [0.5, 0.6) is 11.5 Å². The van der Waals surface area contributed by atoms with Crippen molar-refractivity contribution in [2.75, 3.05) is 18.4 Å². The highest BCUT2D eigenvalue weighted by atomic mass is 32.2. The second-order valence-electron chi connectivity index (χ2n) is 5.67. The first-order valence-corrected chi connectivity index (χ1v) is 9.28. The van der Waals surface area contributed by atoms with E-state index in [1.807, 2.05) is 6.07 Å². The number of methoxy groups -OCH3 is 1. The molecule has 1 N–H and O–H groups in total. The minimum absolute atomic E-state index is 0.0841. The van der Waals surface area contributed by atoms with Crippen LogP contribution in [-0.2, 0) is 16.4 Å². The summed E-state index contributed by atoms with van der Waals surface area (Å²) in [7, 11) is -2.39. The number of fused-ring (bicyclic) bond motifs is 2. The molecule has 25 heavy (non-hydrogen) atoms. The average Bonchev–Trinajstić information content (AvgIpc) is 3.03. The number of hydrogen-bond donors (Lipinski definition) is 1. The summed E-state index contributed by atoms with van der Waals surface area (Å²) in [5, 5.41) is 4.31. The molecule has 130 valence electrons. The lowest BCUT2D eigenvalue weighted by Gasteiger charge is -2.20. The molecule has 0 radical (unpaired) electrons. The number of aryl methyl sites for hydroxylation is 1. The van der Waals surface area contributed by atoms with Gasteiger partial charge in [0.15, 0.2) is 11.4 Å². The molecule has 0 bridgehead atoms. The van der Waals surface area contributed by atoms with Crippen molar-refractivity contribution in [3.8, 4) is 11.5 Å². The van der Waals surface area contributed by atoms with Gasteiger partial charge in [-0.05, 0) is 36.6 Å². The van der Waals surface area contributed by atoms with Crippen molar-refractivity contribution >= 4 is 26.8 Å². The zero-order valence-corrected chi connectivity index (χ0v) is 14.3. The van der Waals surface area contributed by atoms with Crippen LogP contribution in [0.4, 0.5) is 5.82 Å². The Bertz CT molecular complexity index is 1040. The fourth-order valence-electron chi connectivity index (χ4n) is 2.95. The van der Waals surface area contributed by atoms with E-state index in [1.165, 1.54) is 13.2 Å². The minimum Gasteiger partial charge on any atom is -0.496 e. The van der Waals surface area contributed by atoms with Gasteiger partial charge in [-0.1, -0.05) is 23.4 Å². The van der Waals surface area contributed by atoms with Gasteiger partial charge in [-0.25, -0.2) is 8.42 Å². The van der Waals surface area contributed by atoms with Gasteiger partial charge in [-0.2, -0.15) is 0 Å². The van der Waals surface area contributed by atoms with E-state index in [4.69, 9.17) is 14.0 Å². The fourth-order valence-corrected chi connectivity index (χ4v) is 4.15. The van der Waals surface area contributed by atoms with Crippen molar-refractivity contribution in [2.24, 2.45) is 0 Å². The third kappa shape index (κ3) is 2.68. The van der Waals surface area contributed by atoms with E-state index in [0.29, 0.717) is 29.1 Å². The summed E-state index contributed by atoms with van der Waals surface area (Å²) < 4.78 is 44.4. The van der Waals surface area contributed by atoms with Crippen molar-refractivity contribution in [1.29, 1.82) is 0 Å². The number of nitrogens with one attached hydrogen (secondary N) is 1. The van der Waals surface area contributed by atoms with E-state index >= 15 is 0 Å². The van der Waals surface area contributed by atoms with Gasteiger partial charge in [-0.15, -0.1) is 0 Å². The monoisotopic (exact) mass is 360 g/mol. The van der Waals surface area contributed by atoms with Gasteiger partial charge < -0.3 is 14.0 Å². The van der Waals surface area contributed by atoms with Crippen LogP contribution in [0.25, 0.3) is 11.0 Å². The molecule has 1 aliphatic rings. The Labute approximate surface area is 144 Å². The molecule has 0 saturated heterocycles. The Kier molecular flexibility index (Phi) is 3.76. The van der Waals surface area contributed by atoms with E-state index < -0.39 is 10.0 Å². The molecule has 0 amide bonds. The molecule has 0 saturated carbocycles. The molecule has 0 unspecified atom stereocenters. The van der Waals surface area contributed by atoms with Crippen molar-refractivity contribution in [1.82, 2.24) is 5.16 Å². The smallest absolute Gasteiger partial charge is 0.266 e. The Hall–Kier alpha value is -2.74. The topological polar surface area (TPSA) is 90.7 Å². The summed E-state index contributed by atoms with van der Waals surface area (Å²) in [5.41, 5.74) is 1.32. The Morgan fingerprint density at radius 2 is 2.04 bits per heavy atom. The first-order chi connectivity index (χ1) is 12.1. The highest BCUT2D eigenvalue weighted by Gasteiger charge is 2.26. The predicted molar refractivity (Wildman–Crippen MR) is 91.6 cm³/mol. The lowest BCUT2D eigenvalue weighted by molar-refractivity contribution is 0.280. The average molecular weight is 360 g/mol. The van der Waals surface area contributed by atoms with E-state index in [1.54, 1.807) is 24.3 Å². The first-order valence-electron chi connectivity index (χ1n) is 7.80. The lowest BCUT2D eigenvalue weighted by Crippen LogP contribution is -2.18. The van der Waals surface area contributed by atoms with Crippen LogP contribution < -0.4 is 14.2 Å². The highest BCUT2D eigenvalue weighted by molar-refractivity contribution is 7.92. The standard InChI is InChI=1S/C17H16N2O5S/c1-22-12-7-3-8-13-15(12)17(18-24-13)19-25(20,21)14-9-2-5-11-6-4-10-23-16(11)14/h2-3,5,7-9H,4,6,10H2,1H3,(H,18,19). The SMILES string of the molecule is COc1cccc2onc(NS(=O)(=O)c3cccc4c3OCCC4)c12. The maximum absolute atomic E-state index is 12.9. The van der Waals surface area contributed by atoms with E-state index in [9.17, 15) is 8.42 Å². The third-order valence-corrected chi connectivity index (χ3v) is 5.46. The number of para-hydroxylation sites is 1. The van der Waals surface area contributed by atoms with Gasteiger partial charge in [0.2, 0.25) is 0 Å². The van der Waals surface area contributed by atoms with Crippen LogP contribution in [0, 0.1) is 0 Å². The predicted octanol–water partition coefficient (Wildman–Crippen LogP) is 2.96. The molecule has 0 atom stereocenters. The Morgan fingerprint density at radius 1 is 1.20 bits per heavy atom. The lowest BCUT2D eigenvalue weighted by atomic mass is 10.1. The molecule has 0 aliphatic carbocycles. The first kappa shape index (κ1) is 15.8. The van der Waals surface area contributed by atoms with Crippen molar-refractivity contribution in [3.63, 3.8) is 0 Å². The van der Waals surface area contributed by atoms with Gasteiger partial charge >= 0.3 is 0 Å². The zero-order valence-electron chi connectivity index (χ0n) is 13.5. The number of hydrogen-bond acceptors (Lipinski definition) is 6. The van der Waals surface area contributed by atoms with Crippen LogP contribution >= 0.6 is 0 Å².